The van der Waals surface area contributed by atoms with E-state index in [0.29, 0.717) is 13.0 Å². The molecule has 3 fully saturated rings. The fourth-order valence-corrected chi connectivity index (χ4v) is 5.14. The van der Waals surface area contributed by atoms with Crippen molar-refractivity contribution < 1.29 is 28.5 Å². The van der Waals surface area contributed by atoms with Gasteiger partial charge in [-0.3, -0.25) is 0 Å². The molecule has 32 heavy (non-hydrogen) atoms. The Morgan fingerprint density at radius 3 is 2.53 bits per heavy atom. The van der Waals surface area contributed by atoms with Crippen molar-refractivity contribution in [3.05, 3.63) is 47.6 Å². The van der Waals surface area contributed by atoms with E-state index in [9.17, 15) is 4.79 Å². The lowest BCUT2D eigenvalue weighted by Gasteiger charge is -2.42. The van der Waals surface area contributed by atoms with Gasteiger partial charge in [0.2, 0.25) is 0 Å². The van der Waals surface area contributed by atoms with Gasteiger partial charge in [-0.15, -0.1) is 0 Å². The first-order valence-electron chi connectivity index (χ1n) is 11.3. The minimum Gasteiger partial charge on any atom is -0.497 e. The average Bonchev–Trinajstić information content (AvgIpc) is 3.69. The fraction of sp³-hybridized carbons (Fsp3) is 0.577. The molecule has 0 radical (unpaired) electrons. The highest BCUT2D eigenvalue weighted by Gasteiger charge is 2.72. The van der Waals surface area contributed by atoms with Crippen LogP contribution in [0.4, 0.5) is 0 Å². The first-order chi connectivity index (χ1) is 15.3. The SMILES string of the molecule is COc1ccc(/C=C/C(=O)O[C@@H]2CC[C@]3(CO3)C([C@@]3(C)O[C@@H]3CC=C(C)C)[C@@H]2OC)cc1. The molecule has 174 valence electrons. The zero-order valence-corrected chi connectivity index (χ0v) is 19.6. The number of methoxy groups -OCH3 is 2. The molecule has 1 spiro atoms. The van der Waals surface area contributed by atoms with E-state index in [1.54, 1.807) is 20.3 Å². The van der Waals surface area contributed by atoms with Crippen molar-refractivity contribution in [1.29, 1.82) is 0 Å². The predicted molar refractivity (Wildman–Crippen MR) is 121 cm³/mol. The van der Waals surface area contributed by atoms with Crippen molar-refractivity contribution in [3.8, 4) is 5.75 Å². The molecular formula is C26H34O6. The largest absolute Gasteiger partial charge is 0.497 e. The summed E-state index contributed by atoms with van der Waals surface area (Å²) in [7, 11) is 3.31. The Morgan fingerprint density at radius 2 is 1.94 bits per heavy atom. The van der Waals surface area contributed by atoms with Gasteiger partial charge in [0, 0.05) is 13.2 Å². The molecule has 4 rings (SSSR count). The van der Waals surface area contributed by atoms with E-state index >= 15 is 0 Å². The van der Waals surface area contributed by atoms with E-state index in [2.05, 4.69) is 26.8 Å². The van der Waals surface area contributed by atoms with E-state index in [1.807, 2.05) is 24.3 Å². The van der Waals surface area contributed by atoms with Crippen LogP contribution in [-0.2, 0) is 23.7 Å². The number of epoxide rings is 2. The van der Waals surface area contributed by atoms with Crippen molar-refractivity contribution in [1.82, 2.24) is 0 Å². The second-order valence-corrected chi connectivity index (χ2v) is 9.46. The van der Waals surface area contributed by atoms with Crippen LogP contribution < -0.4 is 4.74 Å². The molecule has 0 aromatic heterocycles. The molecule has 1 aromatic carbocycles. The molecule has 1 aromatic rings. The maximum atomic E-state index is 12.6. The summed E-state index contributed by atoms with van der Waals surface area (Å²) in [4.78, 5) is 12.6. The lowest BCUT2D eigenvalue weighted by Crippen LogP contribution is -2.55. The molecule has 0 N–H and O–H groups in total. The van der Waals surface area contributed by atoms with Crippen molar-refractivity contribution >= 4 is 12.0 Å². The lowest BCUT2D eigenvalue weighted by molar-refractivity contribution is -0.166. The third kappa shape index (κ3) is 4.63. The molecule has 3 aliphatic rings. The number of carbonyl (C=O) groups is 1. The predicted octanol–water partition coefficient (Wildman–Crippen LogP) is 4.33. The minimum atomic E-state index is -0.373. The van der Waals surface area contributed by atoms with Crippen LogP contribution >= 0.6 is 0 Å². The third-order valence-corrected chi connectivity index (χ3v) is 7.03. The number of allylic oxidation sites excluding steroid dienone is 1. The van der Waals surface area contributed by atoms with Gasteiger partial charge in [0.05, 0.1) is 25.7 Å². The Labute approximate surface area is 190 Å². The zero-order valence-electron chi connectivity index (χ0n) is 19.6. The summed E-state index contributed by atoms with van der Waals surface area (Å²) in [5, 5.41) is 0. The number of rotatable bonds is 8. The second-order valence-electron chi connectivity index (χ2n) is 9.46. The first-order valence-corrected chi connectivity index (χ1v) is 11.3. The van der Waals surface area contributed by atoms with E-state index < -0.39 is 0 Å². The maximum absolute atomic E-state index is 12.6. The molecular weight excluding hydrogens is 408 g/mol. The van der Waals surface area contributed by atoms with Crippen molar-refractivity contribution in [2.24, 2.45) is 5.92 Å². The summed E-state index contributed by atoms with van der Waals surface area (Å²) in [6.07, 6.45) is 7.37. The molecule has 1 unspecified atom stereocenters. The van der Waals surface area contributed by atoms with Crippen LogP contribution in [0, 0.1) is 5.92 Å². The monoisotopic (exact) mass is 442 g/mol. The van der Waals surface area contributed by atoms with E-state index in [0.717, 1.165) is 24.2 Å². The van der Waals surface area contributed by atoms with Gasteiger partial charge in [0.25, 0.3) is 0 Å². The Bertz CT molecular complexity index is 880. The van der Waals surface area contributed by atoms with Gasteiger partial charge >= 0.3 is 5.97 Å². The molecule has 6 heteroatoms. The number of ether oxygens (including phenoxy) is 5. The number of hydrogen-bond acceptors (Lipinski definition) is 6. The second kappa shape index (κ2) is 9.00. The Kier molecular flexibility index (Phi) is 6.48. The van der Waals surface area contributed by atoms with Crippen LogP contribution in [0.15, 0.2) is 42.0 Å². The Morgan fingerprint density at radius 1 is 1.22 bits per heavy atom. The first kappa shape index (κ1) is 23.0. The fourth-order valence-electron chi connectivity index (χ4n) is 5.14. The zero-order chi connectivity index (χ0) is 22.9. The van der Waals surface area contributed by atoms with Gasteiger partial charge in [0.1, 0.15) is 29.2 Å². The number of hydrogen-bond donors (Lipinski definition) is 0. The minimum absolute atomic E-state index is 0.0210. The molecule has 1 saturated carbocycles. The smallest absolute Gasteiger partial charge is 0.331 e. The van der Waals surface area contributed by atoms with Crippen LogP contribution in [0.3, 0.4) is 0 Å². The summed E-state index contributed by atoms with van der Waals surface area (Å²) in [6, 6.07) is 7.50. The molecule has 1 aliphatic carbocycles. The summed E-state index contributed by atoms with van der Waals surface area (Å²) in [5.74, 6) is 0.422. The van der Waals surface area contributed by atoms with Crippen LogP contribution in [0.5, 0.6) is 5.75 Å². The van der Waals surface area contributed by atoms with E-state index in [4.69, 9.17) is 23.7 Å². The topological polar surface area (TPSA) is 69.8 Å². The third-order valence-electron chi connectivity index (χ3n) is 7.03. The van der Waals surface area contributed by atoms with Crippen molar-refractivity contribution in [2.75, 3.05) is 20.8 Å². The van der Waals surface area contributed by atoms with Gasteiger partial charge in [-0.2, -0.15) is 0 Å². The van der Waals surface area contributed by atoms with Crippen LogP contribution in [0.25, 0.3) is 6.08 Å². The summed E-state index contributed by atoms with van der Waals surface area (Å²) in [6.45, 7) is 7.05. The van der Waals surface area contributed by atoms with E-state index in [1.165, 1.54) is 11.6 Å². The summed E-state index contributed by atoms with van der Waals surface area (Å²) < 4.78 is 29.1. The van der Waals surface area contributed by atoms with Gasteiger partial charge in [0.15, 0.2) is 0 Å². The summed E-state index contributed by atoms with van der Waals surface area (Å²) in [5.41, 5.74) is 1.62. The lowest BCUT2D eigenvalue weighted by atomic mass is 9.68. The van der Waals surface area contributed by atoms with Gasteiger partial charge in [-0.25, -0.2) is 4.79 Å². The highest BCUT2D eigenvalue weighted by atomic mass is 16.6. The molecule has 2 saturated heterocycles. The van der Waals surface area contributed by atoms with Gasteiger partial charge in [-0.05, 0) is 63.8 Å². The van der Waals surface area contributed by atoms with Gasteiger partial charge < -0.3 is 23.7 Å². The Balaban J connectivity index is 1.43. The molecule has 0 bridgehead atoms. The molecule has 6 nitrogen and oxygen atoms in total. The normalized spacial score (nSPS) is 35.5. The molecule has 2 aliphatic heterocycles. The maximum Gasteiger partial charge on any atom is 0.331 e. The molecule has 0 amide bonds. The van der Waals surface area contributed by atoms with Gasteiger partial charge in [-0.1, -0.05) is 23.8 Å². The van der Waals surface area contributed by atoms with Crippen molar-refractivity contribution in [2.45, 2.75) is 69.5 Å². The molecule has 2 heterocycles. The number of carbonyl (C=O) groups excluding carboxylic acids is 1. The van der Waals surface area contributed by atoms with Crippen LogP contribution in [-0.4, -0.2) is 56.3 Å². The number of benzene rings is 1. The quantitative estimate of drug-likeness (QED) is 0.258. The van der Waals surface area contributed by atoms with E-state index in [-0.39, 0.29) is 41.4 Å². The van der Waals surface area contributed by atoms with Crippen molar-refractivity contribution in [3.63, 3.8) is 0 Å². The highest BCUT2D eigenvalue weighted by molar-refractivity contribution is 5.87. The average molecular weight is 443 g/mol. The Hall–Kier alpha value is -2.15. The summed E-state index contributed by atoms with van der Waals surface area (Å²) >= 11 is 0. The standard InChI is InChI=1S/C26H34O6/c1-17(2)6-12-21-25(3,32-21)24-23(29-5)20(14-15-26(24)16-30-26)31-22(27)13-9-18-7-10-19(28-4)11-8-18/h6-11,13,20-21,23-24H,12,14-16H2,1-5H3/b13-9+/t20-,21-,23-,24?,25+,26+/m1/s1. The van der Waals surface area contributed by atoms with Crippen LogP contribution in [0.2, 0.25) is 0 Å². The number of esters is 1. The molecule has 6 atom stereocenters. The van der Waals surface area contributed by atoms with Crippen LogP contribution in [0.1, 0.15) is 45.6 Å². The highest BCUT2D eigenvalue weighted by Crippen LogP contribution is 2.59.